The van der Waals surface area contributed by atoms with E-state index in [9.17, 15) is 9.59 Å². The average Bonchev–Trinajstić information content (AvgIpc) is 3.12. The molecule has 2 rings (SSSR count). The largest absolute Gasteiger partial charge is 0.355 e. The summed E-state index contributed by atoms with van der Waals surface area (Å²) in [5.41, 5.74) is -0.227. The molecule has 0 spiro atoms. The second-order valence-electron chi connectivity index (χ2n) is 4.84. The van der Waals surface area contributed by atoms with Crippen LogP contribution in [-0.2, 0) is 17.8 Å². The first-order valence-corrected chi connectivity index (χ1v) is 8.99. The van der Waals surface area contributed by atoms with Crippen molar-refractivity contribution in [3.8, 4) is 0 Å². The molecule has 8 heteroatoms. The van der Waals surface area contributed by atoms with Gasteiger partial charge < -0.3 is 5.32 Å². The lowest BCUT2D eigenvalue weighted by Crippen LogP contribution is -2.32. The molecule has 2 aromatic rings. The number of aromatic amines is 1. The van der Waals surface area contributed by atoms with Gasteiger partial charge in [0, 0.05) is 18.0 Å². The maximum Gasteiger partial charge on any atom is 0.343 e. The Hall–Kier alpha value is -1.54. The average molecular weight is 340 g/mol. The van der Waals surface area contributed by atoms with Crippen molar-refractivity contribution in [2.45, 2.75) is 43.6 Å². The number of amides is 1. The standard InChI is InChI=1S/C14H20N4O2S2/c1-3-8-18-13(20)16-17-14(18)22-10(2)12(19)15-7-6-11-5-4-9-21-11/h4-5,9-10H,3,6-8H2,1-2H3,(H,15,19)(H,16,20). The predicted molar refractivity (Wildman–Crippen MR) is 89.5 cm³/mol. The van der Waals surface area contributed by atoms with E-state index in [0.29, 0.717) is 18.2 Å². The minimum Gasteiger partial charge on any atom is -0.355 e. The summed E-state index contributed by atoms with van der Waals surface area (Å²) in [7, 11) is 0. The number of hydrogen-bond donors (Lipinski definition) is 2. The number of thiophene rings is 1. The molecule has 1 amide bonds. The van der Waals surface area contributed by atoms with Crippen LogP contribution in [0.1, 0.15) is 25.1 Å². The monoisotopic (exact) mass is 340 g/mol. The highest BCUT2D eigenvalue weighted by Gasteiger charge is 2.18. The molecule has 120 valence electrons. The Labute approximate surface area is 137 Å². The third-order valence-electron chi connectivity index (χ3n) is 3.07. The van der Waals surface area contributed by atoms with Crippen molar-refractivity contribution in [3.63, 3.8) is 0 Å². The number of nitrogens with one attached hydrogen (secondary N) is 2. The lowest BCUT2D eigenvalue weighted by atomic mass is 10.3. The zero-order valence-corrected chi connectivity index (χ0v) is 14.3. The molecule has 0 bridgehead atoms. The van der Waals surface area contributed by atoms with Crippen LogP contribution in [0.3, 0.4) is 0 Å². The number of thioether (sulfide) groups is 1. The van der Waals surface area contributed by atoms with E-state index in [2.05, 4.69) is 21.6 Å². The summed E-state index contributed by atoms with van der Waals surface area (Å²) in [6.07, 6.45) is 1.68. The Morgan fingerprint density at radius 1 is 1.59 bits per heavy atom. The van der Waals surface area contributed by atoms with E-state index < -0.39 is 0 Å². The Bertz CT molecular complexity index is 648. The summed E-state index contributed by atoms with van der Waals surface area (Å²) in [6, 6.07) is 4.06. The molecule has 2 N–H and O–H groups in total. The number of H-pyrrole nitrogens is 1. The van der Waals surface area contributed by atoms with Gasteiger partial charge in [-0.3, -0.25) is 9.36 Å². The van der Waals surface area contributed by atoms with Gasteiger partial charge in [-0.25, -0.2) is 9.89 Å². The van der Waals surface area contributed by atoms with Gasteiger partial charge in [0.2, 0.25) is 5.91 Å². The summed E-state index contributed by atoms with van der Waals surface area (Å²) < 4.78 is 1.57. The van der Waals surface area contributed by atoms with E-state index in [1.165, 1.54) is 16.6 Å². The molecule has 1 unspecified atom stereocenters. The van der Waals surface area contributed by atoms with Crippen LogP contribution in [0.15, 0.2) is 27.5 Å². The molecule has 1 atom stereocenters. The third-order valence-corrected chi connectivity index (χ3v) is 5.10. The first-order chi connectivity index (χ1) is 10.6. The van der Waals surface area contributed by atoms with E-state index in [1.807, 2.05) is 25.3 Å². The highest BCUT2D eigenvalue weighted by Crippen LogP contribution is 2.20. The second-order valence-corrected chi connectivity index (χ2v) is 7.18. The molecule has 0 radical (unpaired) electrons. The minimum atomic E-state index is -0.297. The van der Waals surface area contributed by atoms with Gasteiger partial charge in [-0.05, 0) is 31.2 Å². The van der Waals surface area contributed by atoms with Crippen molar-refractivity contribution in [3.05, 3.63) is 32.9 Å². The number of carbonyl (C=O) groups is 1. The van der Waals surface area contributed by atoms with Crippen molar-refractivity contribution < 1.29 is 4.79 Å². The van der Waals surface area contributed by atoms with Gasteiger partial charge in [0.25, 0.3) is 0 Å². The maximum atomic E-state index is 12.1. The molecule has 0 aliphatic rings. The zero-order chi connectivity index (χ0) is 15.9. The molecule has 6 nitrogen and oxygen atoms in total. The van der Waals surface area contributed by atoms with Gasteiger partial charge in [-0.2, -0.15) is 0 Å². The molecular weight excluding hydrogens is 320 g/mol. The van der Waals surface area contributed by atoms with Crippen LogP contribution in [0.4, 0.5) is 0 Å². The summed E-state index contributed by atoms with van der Waals surface area (Å²) >= 11 is 2.99. The van der Waals surface area contributed by atoms with E-state index >= 15 is 0 Å². The van der Waals surface area contributed by atoms with Gasteiger partial charge in [-0.15, -0.1) is 16.4 Å². The van der Waals surface area contributed by atoms with Gasteiger partial charge in [0.05, 0.1) is 5.25 Å². The topological polar surface area (TPSA) is 79.8 Å². The molecule has 0 saturated heterocycles. The number of carbonyl (C=O) groups excluding carboxylic acids is 1. The van der Waals surface area contributed by atoms with Crippen molar-refractivity contribution in [1.82, 2.24) is 20.1 Å². The van der Waals surface area contributed by atoms with Crippen LogP contribution in [0, 0.1) is 0 Å². The van der Waals surface area contributed by atoms with E-state index in [0.717, 1.165) is 12.8 Å². The van der Waals surface area contributed by atoms with Crippen LogP contribution < -0.4 is 11.0 Å². The van der Waals surface area contributed by atoms with Gasteiger partial charge in [0.15, 0.2) is 5.16 Å². The summed E-state index contributed by atoms with van der Waals surface area (Å²) in [6.45, 7) is 5.03. The number of aromatic nitrogens is 3. The SMILES string of the molecule is CCCn1c(SC(C)C(=O)NCCc2cccs2)n[nH]c1=O. The smallest absolute Gasteiger partial charge is 0.343 e. The summed E-state index contributed by atoms with van der Waals surface area (Å²) in [5, 5.41) is 11.6. The molecule has 0 fully saturated rings. The predicted octanol–water partition coefficient (Wildman–Crippen LogP) is 1.88. The van der Waals surface area contributed by atoms with Crippen molar-refractivity contribution in [1.29, 1.82) is 0 Å². The Kier molecular flexibility index (Phi) is 6.26. The zero-order valence-electron chi connectivity index (χ0n) is 12.7. The quantitative estimate of drug-likeness (QED) is 0.719. The molecule has 22 heavy (non-hydrogen) atoms. The maximum absolute atomic E-state index is 12.1. The molecule has 0 aliphatic carbocycles. The van der Waals surface area contributed by atoms with E-state index in [4.69, 9.17) is 0 Å². The van der Waals surface area contributed by atoms with Crippen molar-refractivity contribution >= 4 is 29.0 Å². The summed E-state index contributed by atoms with van der Waals surface area (Å²) in [5.74, 6) is -0.0416. The fourth-order valence-electron chi connectivity index (χ4n) is 1.93. The van der Waals surface area contributed by atoms with Crippen LogP contribution in [0.5, 0.6) is 0 Å². The Morgan fingerprint density at radius 3 is 3.09 bits per heavy atom. The third kappa shape index (κ3) is 4.48. The molecule has 2 aromatic heterocycles. The van der Waals surface area contributed by atoms with Gasteiger partial charge >= 0.3 is 5.69 Å². The lowest BCUT2D eigenvalue weighted by molar-refractivity contribution is -0.120. The van der Waals surface area contributed by atoms with Crippen LogP contribution in [-0.4, -0.2) is 32.5 Å². The molecule has 0 aliphatic heterocycles. The van der Waals surface area contributed by atoms with Crippen LogP contribution in [0.2, 0.25) is 0 Å². The molecule has 0 saturated carbocycles. The fraction of sp³-hybridized carbons (Fsp3) is 0.500. The van der Waals surface area contributed by atoms with Gasteiger partial charge in [0.1, 0.15) is 0 Å². The molecular formula is C14H20N4O2S2. The number of nitrogens with zero attached hydrogens (tertiary/aromatic N) is 2. The minimum absolute atomic E-state index is 0.0416. The molecule has 0 aromatic carbocycles. The Morgan fingerprint density at radius 2 is 2.41 bits per heavy atom. The number of rotatable bonds is 8. The Balaban J connectivity index is 1.84. The highest BCUT2D eigenvalue weighted by atomic mass is 32.2. The van der Waals surface area contributed by atoms with Crippen molar-refractivity contribution in [2.75, 3.05) is 6.54 Å². The molecule has 2 heterocycles. The first-order valence-electron chi connectivity index (χ1n) is 7.23. The lowest BCUT2D eigenvalue weighted by Gasteiger charge is -2.11. The highest BCUT2D eigenvalue weighted by molar-refractivity contribution is 8.00. The van der Waals surface area contributed by atoms with Crippen LogP contribution >= 0.6 is 23.1 Å². The second kappa shape index (κ2) is 8.19. The number of hydrogen-bond acceptors (Lipinski definition) is 5. The summed E-state index contributed by atoms with van der Waals surface area (Å²) in [4.78, 5) is 25.0. The van der Waals surface area contributed by atoms with E-state index in [1.54, 1.807) is 15.9 Å². The first kappa shape index (κ1) is 16.8. The van der Waals surface area contributed by atoms with Gasteiger partial charge in [-0.1, -0.05) is 24.8 Å². The van der Waals surface area contributed by atoms with Crippen molar-refractivity contribution in [2.24, 2.45) is 0 Å². The fourth-order valence-corrected chi connectivity index (χ4v) is 3.55. The normalized spacial score (nSPS) is 12.3. The van der Waals surface area contributed by atoms with E-state index in [-0.39, 0.29) is 16.8 Å². The van der Waals surface area contributed by atoms with Crippen LogP contribution in [0.25, 0.3) is 0 Å².